The van der Waals surface area contributed by atoms with Gasteiger partial charge in [-0.15, -0.1) is 0 Å². The lowest BCUT2D eigenvalue weighted by molar-refractivity contribution is 0.0361. The standard InChI is InChI=1S/C23H31BrN2O3S/c1-23(2,3)20-6-4-19(5-7-20)18-26(13-12-25-14-16-29-17-15-25)30(27,28)22-10-8-21(24)9-11-22/h4-11H,12-18H2,1-3H3. The molecule has 30 heavy (non-hydrogen) atoms. The van der Waals surface area contributed by atoms with Gasteiger partial charge in [-0.2, -0.15) is 4.31 Å². The first kappa shape index (κ1) is 23.4. The van der Waals surface area contributed by atoms with Crippen LogP contribution in [0.1, 0.15) is 31.9 Å². The van der Waals surface area contributed by atoms with Gasteiger partial charge in [0, 0.05) is 37.2 Å². The van der Waals surface area contributed by atoms with Crippen molar-refractivity contribution >= 4 is 26.0 Å². The lowest BCUT2D eigenvalue weighted by Crippen LogP contribution is -2.42. The van der Waals surface area contributed by atoms with E-state index in [-0.39, 0.29) is 5.41 Å². The minimum atomic E-state index is -3.60. The van der Waals surface area contributed by atoms with Gasteiger partial charge < -0.3 is 4.74 Å². The van der Waals surface area contributed by atoms with Crippen LogP contribution >= 0.6 is 15.9 Å². The molecule has 1 aliphatic heterocycles. The quantitative estimate of drug-likeness (QED) is 0.576. The summed E-state index contributed by atoms with van der Waals surface area (Å²) < 4.78 is 34.7. The molecule has 0 atom stereocenters. The smallest absolute Gasteiger partial charge is 0.243 e. The Bertz CT molecular complexity index is 916. The van der Waals surface area contributed by atoms with E-state index >= 15 is 0 Å². The summed E-state index contributed by atoms with van der Waals surface area (Å²) in [6.45, 7) is 11.1. The fourth-order valence-corrected chi connectivity index (χ4v) is 5.11. The minimum absolute atomic E-state index is 0.0675. The van der Waals surface area contributed by atoms with E-state index in [1.165, 1.54) is 5.56 Å². The Morgan fingerprint density at radius 2 is 1.60 bits per heavy atom. The molecule has 0 aliphatic carbocycles. The fourth-order valence-electron chi connectivity index (χ4n) is 3.43. The van der Waals surface area contributed by atoms with Crippen molar-refractivity contribution in [1.82, 2.24) is 9.21 Å². The van der Waals surface area contributed by atoms with Crippen molar-refractivity contribution in [2.75, 3.05) is 39.4 Å². The molecule has 1 saturated heterocycles. The Labute approximate surface area is 189 Å². The molecule has 0 unspecified atom stereocenters. The van der Waals surface area contributed by atoms with Gasteiger partial charge in [-0.3, -0.25) is 4.90 Å². The molecule has 5 nitrogen and oxygen atoms in total. The van der Waals surface area contributed by atoms with Crippen molar-refractivity contribution in [3.63, 3.8) is 0 Å². The van der Waals surface area contributed by atoms with Crippen LogP contribution in [0.15, 0.2) is 57.9 Å². The van der Waals surface area contributed by atoms with Crippen molar-refractivity contribution in [3.05, 3.63) is 64.1 Å². The Morgan fingerprint density at radius 3 is 2.17 bits per heavy atom. The van der Waals surface area contributed by atoms with E-state index in [1.807, 2.05) is 12.1 Å². The van der Waals surface area contributed by atoms with Gasteiger partial charge in [-0.25, -0.2) is 8.42 Å². The number of halogens is 1. The third-order valence-corrected chi connectivity index (χ3v) is 7.79. The Kier molecular flexibility index (Phi) is 7.74. The van der Waals surface area contributed by atoms with E-state index in [0.29, 0.717) is 37.7 Å². The number of sulfonamides is 1. The van der Waals surface area contributed by atoms with Crippen LogP contribution in [0.25, 0.3) is 0 Å². The van der Waals surface area contributed by atoms with Crippen LogP contribution in [0, 0.1) is 0 Å². The maximum atomic E-state index is 13.4. The topological polar surface area (TPSA) is 49.9 Å². The number of nitrogens with zero attached hydrogens (tertiary/aromatic N) is 2. The Morgan fingerprint density at radius 1 is 1.00 bits per heavy atom. The van der Waals surface area contributed by atoms with E-state index in [9.17, 15) is 8.42 Å². The van der Waals surface area contributed by atoms with E-state index in [0.717, 1.165) is 23.1 Å². The maximum Gasteiger partial charge on any atom is 0.243 e. The first-order valence-corrected chi connectivity index (χ1v) is 12.5. The SMILES string of the molecule is CC(C)(C)c1ccc(CN(CCN2CCOCC2)S(=O)(=O)c2ccc(Br)cc2)cc1. The molecule has 1 aliphatic rings. The largest absolute Gasteiger partial charge is 0.379 e. The molecule has 0 radical (unpaired) electrons. The summed E-state index contributed by atoms with van der Waals surface area (Å²) in [6.07, 6.45) is 0. The molecular weight excluding hydrogens is 464 g/mol. The van der Waals surface area contributed by atoms with E-state index < -0.39 is 10.0 Å². The Hall–Kier alpha value is -1.25. The molecule has 2 aromatic carbocycles. The summed E-state index contributed by atoms with van der Waals surface area (Å²) >= 11 is 3.38. The lowest BCUT2D eigenvalue weighted by Gasteiger charge is -2.30. The summed E-state index contributed by atoms with van der Waals surface area (Å²) in [4.78, 5) is 2.58. The van der Waals surface area contributed by atoms with Crippen LogP contribution < -0.4 is 0 Å². The molecule has 164 valence electrons. The van der Waals surface area contributed by atoms with Crippen molar-refractivity contribution in [2.45, 2.75) is 37.6 Å². The monoisotopic (exact) mass is 494 g/mol. The van der Waals surface area contributed by atoms with Gasteiger partial charge in [0.1, 0.15) is 0 Å². The van der Waals surface area contributed by atoms with E-state index in [2.05, 4.69) is 53.7 Å². The molecule has 1 heterocycles. The molecule has 7 heteroatoms. The highest BCUT2D eigenvalue weighted by Gasteiger charge is 2.26. The zero-order chi connectivity index (χ0) is 21.8. The second-order valence-corrected chi connectivity index (χ2v) is 11.5. The first-order valence-electron chi connectivity index (χ1n) is 10.3. The normalized spacial score (nSPS) is 16.2. The second kappa shape index (κ2) is 9.92. The molecular formula is C23H31BrN2O3S. The van der Waals surface area contributed by atoms with Gasteiger partial charge >= 0.3 is 0 Å². The molecule has 2 aromatic rings. The van der Waals surface area contributed by atoms with E-state index in [1.54, 1.807) is 28.6 Å². The van der Waals surface area contributed by atoms with Crippen molar-refractivity contribution in [1.29, 1.82) is 0 Å². The summed E-state index contributed by atoms with van der Waals surface area (Å²) in [6, 6.07) is 15.1. The molecule has 0 N–H and O–H groups in total. The van der Waals surface area contributed by atoms with Crippen LogP contribution in [0.2, 0.25) is 0 Å². The molecule has 3 rings (SSSR count). The fraction of sp³-hybridized carbons (Fsp3) is 0.478. The van der Waals surface area contributed by atoms with Gasteiger partial charge in [-0.1, -0.05) is 61.0 Å². The summed E-state index contributed by atoms with van der Waals surface area (Å²) in [7, 11) is -3.60. The van der Waals surface area contributed by atoms with Crippen molar-refractivity contribution in [3.8, 4) is 0 Å². The van der Waals surface area contributed by atoms with Gasteiger partial charge in [0.15, 0.2) is 0 Å². The van der Waals surface area contributed by atoms with E-state index in [4.69, 9.17) is 4.74 Å². The first-order chi connectivity index (χ1) is 14.2. The van der Waals surface area contributed by atoms with Gasteiger partial charge in [0.2, 0.25) is 10.0 Å². The zero-order valence-corrected chi connectivity index (χ0v) is 20.4. The number of morpholine rings is 1. The van der Waals surface area contributed by atoms with Gasteiger partial charge in [0.05, 0.1) is 18.1 Å². The second-order valence-electron chi connectivity index (χ2n) is 8.69. The molecule has 0 saturated carbocycles. The van der Waals surface area contributed by atoms with Crippen LogP contribution in [0.3, 0.4) is 0 Å². The molecule has 0 spiro atoms. The molecule has 1 fully saturated rings. The summed E-state index contributed by atoms with van der Waals surface area (Å²) in [5, 5.41) is 0. The highest BCUT2D eigenvalue weighted by molar-refractivity contribution is 9.10. The van der Waals surface area contributed by atoms with Crippen LogP contribution in [0.4, 0.5) is 0 Å². The maximum absolute atomic E-state index is 13.4. The lowest BCUT2D eigenvalue weighted by atomic mass is 9.87. The predicted molar refractivity (Wildman–Crippen MR) is 124 cm³/mol. The average molecular weight is 495 g/mol. The summed E-state index contributed by atoms with van der Waals surface area (Å²) in [5.41, 5.74) is 2.30. The highest BCUT2D eigenvalue weighted by Crippen LogP contribution is 2.24. The van der Waals surface area contributed by atoms with Crippen LogP contribution in [-0.4, -0.2) is 57.0 Å². The van der Waals surface area contributed by atoms with Crippen molar-refractivity contribution < 1.29 is 13.2 Å². The number of benzene rings is 2. The average Bonchev–Trinajstić information content (AvgIpc) is 2.72. The third kappa shape index (κ3) is 6.14. The number of hydrogen-bond donors (Lipinski definition) is 0. The number of ether oxygens (including phenoxy) is 1. The van der Waals surface area contributed by atoms with Gasteiger partial charge in [0.25, 0.3) is 0 Å². The molecule has 0 amide bonds. The van der Waals surface area contributed by atoms with Gasteiger partial charge in [-0.05, 0) is 40.8 Å². The minimum Gasteiger partial charge on any atom is -0.379 e. The Balaban J connectivity index is 1.81. The number of hydrogen-bond acceptors (Lipinski definition) is 4. The molecule has 0 bridgehead atoms. The van der Waals surface area contributed by atoms with Crippen molar-refractivity contribution in [2.24, 2.45) is 0 Å². The van der Waals surface area contributed by atoms with Crippen LogP contribution in [-0.2, 0) is 26.7 Å². The summed E-state index contributed by atoms with van der Waals surface area (Å²) in [5.74, 6) is 0. The third-order valence-electron chi connectivity index (χ3n) is 5.40. The highest BCUT2D eigenvalue weighted by atomic mass is 79.9. The molecule has 0 aromatic heterocycles. The van der Waals surface area contributed by atoms with Crippen LogP contribution in [0.5, 0.6) is 0 Å². The number of rotatable bonds is 7. The zero-order valence-electron chi connectivity index (χ0n) is 18.0. The predicted octanol–water partition coefficient (Wildman–Crippen LogP) is 4.27.